The highest BCUT2D eigenvalue weighted by Crippen LogP contribution is 2.31. The molecule has 3 N–H and O–H groups in total. The number of anilines is 1. The lowest BCUT2D eigenvalue weighted by Gasteiger charge is -2.20. The molecule has 0 unspecified atom stereocenters. The van der Waals surface area contributed by atoms with Crippen LogP contribution in [0.5, 0.6) is 10.8 Å². The monoisotopic (exact) mass is 386 g/mol. The zero-order chi connectivity index (χ0) is 18.0. The van der Waals surface area contributed by atoms with Crippen molar-refractivity contribution in [1.29, 1.82) is 0 Å². The van der Waals surface area contributed by atoms with Gasteiger partial charge in [0.05, 0.1) is 6.20 Å². The van der Waals surface area contributed by atoms with Gasteiger partial charge in [0.15, 0.2) is 5.13 Å². The topological polar surface area (TPSA) is 115 Å². The van der Waals surface area contributed by atoms with Gasteiger partial charge in [-0.2, -0.15) is 12.7 Å². The molecule has 0 bridgehead atoms. The van der Waals surface area contributed by atoms with Crippen LogP contribution >= 0.6 is 11.3 Å². The number of thiazole rings is 1. The van der Waals surface area contributed by atoms with Crippen molar-refractivity contribution in [3.8, 4) is 10.8 Å². The van der Waals surface area contributed by atoms with Gasteiger partial charge in [-0.05, 0) is 37.1 Å². The molecule has 1 aromatic carbocycles. The Morgan fingerprint density at radius 1 is 1.40 bits per heavy atom. The van der Waals surface area contributed by atoms with E-state index < -0.39 is 22.2 Å². The van der Waals surface area contributed by atoms with E-state index in [1.54, 1.807) is 0 Å². The second kappa shape index (κ2) is 7.04. The lowest BCUT2D eigenvalue weighted by atomic mass is 10.2. The third-order valence-corrected chi connectivity index (χ3v) is 5.46. The van der Waals surface area contributed by atoms with Gasteiger partial charge in [0.2, 0.25) is 11.0 Å². The third kappa shape index (κ3) is 4.31. The summed E-state index contributed by atoms with van der Waals surface area (Å²) >= 11 is 1.07. The van der Waals surface area contributed by atoms with Crippen molar-refractivity contribution in [2.24, 2.45) is 5.14 Å². The number of hydrogen-bond donors (Lipinski definition) is 2. The van der Waals surface area contributed by atoms with Gasteiger partial charge in [0, 0.05) is 6.54 Å². The summed E-state index contributed by atoms with van der Waals surface area (Å²) in [4.78, 5) is 16.3. The van der Waals surface area contributed by atoms with Crippen LogP contribution in [0.3, 0.4) is 0 Å². The molecule has 1 saturated heterocycles. The van der Waals surface area contributed by atoms with Crippen molar-refractivity contribution in [3.05, 3.63) is 36.3 Å². The molecule has 25 heavy (non-hydrogen) atoms. The van der Waals surface area contributed by atoms with E-state index in [0.717, 1.165) is 15.6 Å². The molecule has 1 aromatic heterocycles. The second-order valence-electron chi connectivity index (χ2n) is 5.34. The van der Waals surface area contributed by atoms with E-state index in [1.807, 2.05) is 0 Å². The van der Waals surface area contributed by atoms with Gasteiger partial charge in [-0.25, -0.2) is 14.5 Å². The largest absolute Gasteiger partial charge is 0.445 e. The number of halogens is 1. The zero-order valence-electron chi connectivity index (χ0n) is 12.9. The van der Waals surface area contributed by atoms with Crippen LogP contribution in [0.15, 0.2) is 30.5 Å². The Kier molecular flexibility index (Phi) is 4.99. The molecule has 0 saturated carbocycles. The van der Waals surface area contributed by atoms with Crippen molar-refractivity contribution >= 4 is 32.6 Å². The number of benzene rings is 1. The number of aromatic nitrogens is 1. The highest BCUT2D eigenvalue weighted by atomic mass is 32.2. The van der Waals surface area contributed by atoms with Crippen LogP contribution in [0.4, 0.5) is 9.52 Å². The first-order valence-electron chi connectivity index (χ1n) is 7.32. The Balaban J connectivity index is 1.65. The minimum atomic E-state index is -3.93. The third-order valence-electron chi connectivity index (χ3n) is 3.58. The van der Waals surface area contributed by atoms with E-state index in [2.05, 4.69) is 10.3 Å². The molecule has 2 aromatic rings. The van der Waals surface area contributed by atoms with Crippen molar-refractivity contribution in [3.63, 3.8) is 0 Å². The number of ether oxygens (including phenoxy) is 1. The maximum absolute atomic E-state index is 12.9. The smallest absolute Gasteiger partial charge is 0.277 e. The minimum absolute atomic E-state index is 0.216. The minimum Gasteiger partial charge on any atom is -0.445 e. The Morgan fingerprint density at radius 3 is 2.80 bits per heavy atom. The summed E-state index contributed by atoms with van der Waals surface area (Å²) in [5, 5.41) is 8.36. The summed E-state index contributed by atoms with van der Waals surface area (Å²) in [7, 11) is -3.93. The van der Waals surface area contributed by atoms with E-state index in [1.165, 1.54) is 30.5 Å². The Bertz CT molecular complexity index is 869. The molecule has 1 atom stereocenters. The number of nitrogens with zero attached hydrogens (tertiary/aromatic N) is 2. The fraction of sp³-hybridized carbons (Fsp3) is 0.286. The molecule has 8 nitrogen and oxygen atoms in total. The van der Waals surface area contributed by atoms with Crippen LogP contribution in [-0.4, -0.2) is 36.2 Å². The Morgan fingerprint density at radius 2 is 2.12 bits per heavy atom. The van der Waals surface area contributed by atoms with Crippen molar-refractivity contribution < 1.29 is 22.3 Å². The maximum Gasteiger partial charge on any atom is 0.277 e. The Hall–Kier alpha value is -2.08. The van der Waals surface area contributed by atoms with Crippen LogP contribution in [0.1, 0.15) is 12.8 Å². The molecular formula is C14H15FN4O4S2. The zero-order valence-corrected chi connectivity index (χ0v) is 14.5. The number of carbonyl (C=O) groups excluding carboxylic acids is 1. The van der Waals surface area contributed by atoms with Crippen LogP contribution in [0.25, 0.3) is 0 Å². The highest BCUT2D eigenvalue weighted by Gasteiger charge is 2.37. The first-order chi connectivity index (χ1) is 11.8. The van der Waals surface area contributed by atoms with Gasteiger partial charge in [-0.15, -0.1) is 0 Å². The lowest BCUT2D eigenvalue weighted by Crippen LogP contribution is -2.46. The molecule has 3 rings (SSSR count). The van der Waals surface area contributed by atoms with Gasteiger partial charge in [0.1, 0.15) is 17.6 Å². The molecule has 134 valence electrons. The number of nitrogens with one attached hydrogen (secondary N) is 1. The molecule has 2 heterocycles. The van der Waals surface area contributed by atoms with Crippen molar-refractivity contribution in [2.45, 2.75) is 18.9 Å². The number of carbonyl (C=O) groups is 1. The molecule has 1 aliphatic rings. The van der Waals surface area contributed by atoms with Crippen molar-refractivity contribution in [2.75, 3.05) is 11.9 Å². The molecule has 1 amide bonds. The number of amides is 1. The summed E-state index contributed by atoms with van der Waals surface area (Å²) in [6.07, 6.45) is 2.37. The van der Waals surface area contributed by atoms with Crippen LogP contribution in [0.2, 0.25) is 0 Å². The molecule has 1 aliphatic heterocycles. The van der Waals surface area contributed by atoms with Gasteiger partial charge >= 0.3 is 0 Å². The van der Waals surface area contributed by atoms with Crippen LogP contribution in [0, 0.1) is 5.82 Å². The maximum atomic E-state index is 12.9. The molecule has 11 heteroatoms. The van der Waals surface area contributed by atoms with E-state index in [4.69, 9.17) is 9.88 Å². The number of hydrogen-bond acceptors (Lipinski definition) is 6. The summed E-state index contributed by atoms with van der Waals surface area (Å²) in [6.45, 7) is 0.216. The predicted molar refractivity (Wildman–Crippen MR) is 90.1 cm³/mol. The first kappa shape index (κ1) is 17.7. The molecule has 1 fully saturated rings. The standard InChI is InChI=1S/C14H15FN4O4S2/c15-9-3-5-10(6-4-9)23-12-8-17-14(24-12)18-13(20)11-2-1-7-19(11)25(16,21)22/h3-6,8,11H,1-2,7H2,(H2,16,21,22)(H,17,18,20)/t11-/m1/s1. The average molecular weight is 386 g/mol. The number of rotatable bonds is 5. The summed E-state index contributed by atoms with van der Waals surface area (Å²) in [5.74, 6) is -0.436. The van der Waals surface area contributed by atoms with E-state index in [0.29, 0.717) is 23.7 Å². The van der Waals surface area contributed by atoms with E-state index in [-0.39, 0.29) is 17.5 Å². The van der Waals surface area contributed by atoms with Crippen LogP contribution < -0.4 is 15.2 Å². The van der Waals surface area contributed by atoms with Gasteiger partial charge < -0.3 is 10.1 Å². The van der Waals surface area contributed by atoms with Gasteiger partial charge in [0.25, 0.3) is 10.2 Å². The number of nitrogens with two attached hydrogens (primary N) is 1. The predicted octanol–water partition coefficient (Wildman–Crippen LogP) is 1.68. The lowest BCUT2D eigenvalue weighted by molar-refractivity contribution is -0.119. The van der Waals surface area contributed by atoms with Gasteiger partial charge in [-0.3, -0.25) is 4.79 Å². The molecular weight excluding hydrogens is 371 g/mol. The van der Waals surface area contributed by atoms with Crippen molar-refractivity contribution in [1.82, 2.24) is 9.29 Å². The van der Waals surface area contributed by atoms with E-state index in [9.17, 15) is 17.6 Å². The van der Waals surface area contributed by atoms with E-state index >= 15 is 0 Å². The molecule has 0 spiro atoms. The SMILES string of the molecule is NS(=O)(=O)N1CCC[C@@H]1C(=O)Nc1ncc(Oc2ccc(F)cc2)s1. The normalized spacial score (nSPS) is 18.2. The first-order valence-corrected chi connectivity index (χ1v) is 9.64. The summed E-state index contributed by atoms with van der Waals surface area (Å²) in [5.41, 5.74) is 0. The summed E-state index contributed by atoms with van der Waals surface area (Å²) < 4.78 is 42.3. The Labute approximate surface area is 147 Å². The van der Waals surface area contributed by atoms with Gasteiger partial charge in [-0.1, -0.05) is 11.3 Å². The fourth-order valence-corrected chi connectivity index (χ4v) is 4.11. The highest BCUT2D eigenvalue weighted by molar-refractivity contribution is 7.86. The summed E-state index contributed by atoms with van der Waals surface area (Å²) in [6, 6.07) is 4.62. The second-order valence-corrected chi connectivity index (χ2v) is 7.84. The molecule has 0 aliphatic carbocycles. The fourth-order valence-electron chi connectivity index (χ4n) is 2.48. The van der Waals surface area contributed by atoms with Crippen LogP contribution in [-0.2, 0) is 15.0 Å². The average Bonchev–Trinajstić information content (AvgIpc) is 3.18. The quantitative estimate of drug-likeness (QED) is 0.811. The molecule has 0 radical (unpaired) electrons.